The van der Waals surface area contributed by atoms with E-state index in [4.69, 9.17) is 0 Å². The molecule has 2 heteroatoms. The Morgan fingerprint density at radius 2 is 2.12 bits per heavy atom. The summed E-state index contributed by atoms with van der Waals surface area (Å²) in [7, 11) is 0. The second-order valence-corrected chi connectivity index (χ2v) is 5.29. The Kier molecular flexibility index (Phi) is 4.43. The van der Waals surface area contributed by atoms with Crippen LogP contribution in [0, 0.1) is 12.8 Å². The Hall–Kier alpha value is -1.02. The molecule has 1 aromatic rings. The van der Waals surface area contributed by atoms with Crippen LogP contribution in [-0.4, -0.2) is 17.8 Å². The second kappa shape index (κ2) is 6.06. The maximum Gasteiger partial charge on any atom is 0.0715 e. The van der Waals surface area contributed by atoms with Gasteiger partial charge in [0.15, 0.2) is 0 Å². The van der Waals surface area contributed by atoms with Gasteiger partial charge in [-0.2, -0.15) is 0 Å². The van der Waals surface area contributed by atoms with Gasteiger partial charge >= 0.3 is 0 Å². The monoisotopic (exact) mass is 233 g/mol. The normalized spacial score (nSPS) is 18.2. The molecule has 2 nitrogen and oxygen atoms in total. The number of hydrogen-bond donors (Lipinski definition) is 2. The zero-order valence-electron chi connectivity index (χ0n) is 10.7. The predicted octanol–water partition coefficient (Wildman–Crippen LogP) is 3.35. The molecule has 94 valence electrons. The van der Waals surface area contributed by atoms with E-state index >= 15 is 0 Å². The lowest BCUT2D eigenvalue weighted by molar-refractivity contribution is 0.155. The number of aliphatic hydroxyl groups is 1. The minimum Gasteiger partial charge on any atom is -0.391 e. The van der Waals surface area contributed by atoms with Crippen molar-refractivity contribution in [3.63, 3.8) is 0 Å². The highest BCUT2D eigenvalue weighted by Crippen LogP contribution is 2.28. The first-order valence-corrected chi connectivity index (χ1v) is 6.72. The highest BCUT2D eigenvalue weighted by Gasteiger charge is 2.18. The lowest BCUT2D eigenvalue weighted by atomic mass is 10.00. The van der Waals surface area contributed by atoms with E-state index in [-0.39, 0.29) is 6.10 Å². The van der Waals surface area contributed by atoms with E-state index in [0.717, 1.165) is 18.0 Å². The van der Waals surface area contributed by atoms with E-state index in [1.807, 2.05) is 6.07 Å². The Morgan fingerprint density at radius 3 is 2.82 bits per heavy atom. The van der Waals surface area contributed by atoms with Crippen molar-refractivity contribution in [2.45, 2.75) is 45.1 Å². The molecule has 2 N–H and O–H groups in total. The van der Waals surface area contributed by atoms with Crippen LogP contribution in [0.4, 0.5) is 5.69 Å². The van der Waals surface area contributed by atoms with Gasteiger partial charge in [0, 0.05) is 12.2 Å². The number of anilines is 1. The molecule has 2 rings (SSSR count). The summed E-state index contributed by atoms with van der Waals surface area (Å²) in [4.78, 5) is 0. The van der Waals surface area contributed by atoms with Gasteiger partial charge in [0.1, 0.15) is 0 Å². The fourth-order valence-corrected chi connectivity index (χ4v) is 2.70. The molecule has 0 aliphatic heterocycles. The third-order valence-corrected chi connectivity index (χ3v) is 3.64. The summed E-state index contributed by atoms with van der Waals surface area (Å²) in [5, 5.41) is 13.3. The first-order chi connectivity index (χ1) is 8.24. The number of hydrogen-bond acceptors (Lipinski definition) is 2. The molecule has 0 aromatic heterocycles. The topological polar surface area (TPSA) is 32.3 Å². The Labute approximate surface area is 104 Å². The van der Waals surface area contributed by atoms with Crippen molar-refractivity contribution in [1.29, 1.82) is 0 Å². The summed E-state index contributed by atoms with van der Waals surface area (Å²) in [5.74, 6) is 0.754. The molecular formula is C15H23NO. The van der Waals surface area contributed by atoms with Crippen molar-refractivity contribution in [3.05, 3.63) is 29.8 Å². The van der Waals surface area contributed by atoms with E-state index < -0.39 is 0 Å². The summed E-state index contributed by atoms with van der Waals surface area (Å²) < 4.78 is 0. The Morgan fingerprint density at radius 1 is 1.35 bits per heavy atom. The van der Waals surface area contributed by atoms with E-state index in [2.05, 4.69) is 30.4 Å². The van der Waals surface area contributed by atoms with Crippen molar-refractivity contribution < 1.29 is 5.11 Å². The highest BCUT2D eigenvalue weighted by atomic mass is 16.3. The third kappa shape index (κ3) is 4.04. The third-order valence-electron chi connectivity index (χ3n) is 3.64. The largest absolute Gasteiger partial charge is 0.391 e. The standard InChI is InChI=1S/C15H23NO/c1-12-5-4-8-14(9-12)16-11-15(17)10-13-6-2-3-7-13/h4-5,8-9,13,15-17H,2-3,6-7,10-11H2,1H3. The number of benzene rings is 1. The van der Waals surface area contributed by atoms with Gasteiger partial charge in [-0.15, -0.1) is 0 Å². The zero-order valence-corrected chi connectivity index (χ0v) is 10.7. The zero-order chi connectivity index (χ0) is 12.1. The summed E-state index contributed by atoms with van der Waals surface area (Å²) in [5.41, 5.74) is 2.36. The van der Waals surface area contributed by atoms with Gasteiger partial charge in [-0.25, -0.2) is 0 Å². The molecule has 1 aromatic carbocycles. The first-order valence-electron chi connectivity index (χ1n) is 6.72. The minimum absolute atomic E-state index is 0.210. The molecule has 0 amide bonds. The van der Waals surface area contributed by atoms with Crippen molar-refractivity contribution in [3.8, 4) is 0 Å². The SMILES string of the molecule is Cc1cccc(NCC(O)CC2CCCC2)c1. The van der Waals surface area contributed by atoms with E-state index in [9.17, 15) is 5.11 Å². The minimum atomic E-state index is -0.210. The lowest BCUT2D eigenvalue weighted by Gasteiger charge is -2.16. The van der Waals surface area contributed by atoms with Gasteiger partial charge in [-0.05, 0) is 37.0 Å². The lowest BCUT2D eigenvalue weighted by Crippen LogP contribution is -2.22. The summed E-state index contributed by atoms with van der Waals surface area (Å²) in [6, 6.07) is 8.29. The average Bonchev–Trinajstić information content (AvgIpc) is 2.79. The molecule has 0 radical (unpaired) electrons. The second-order valence-electron chi connectivity index (χ2n) is 5.29. The van der Waals surface area contributed by atoms with Gasteiger partial charge in [-0.1, -0.05) is 37.8 Å². The van der Waals surface area contributed by atoms with Crippen molar-refractivity contribution in [2.75, 3.05) is 11.9 Å². The van der Waals surface area contributed by atoms with Crippen LogP contribution in [0.2, 0.25) is 0 Å². The van der Waals surface area contributed by atoms with Crippen LogP contribution < -0.4 is 5.32 Å². The number of nitrogens with one attached hydrogen (secondary N) is 1. The molecule has 1 unspecified atom stereocenters. The maximum absolute atomic E-state index is 9.98. The van der Waals surface area contributed by atoms with Crippen LogP contribution in [0.15, 0.2) is 24.3 Å². The molecule has 0 heterocycles. The van der Waals surface area contributed by atoms with Gasteiger partial charge in [0.2, 0.25) is 0 Å². The van der Waals surface area contributed by atoms with Gasteiger partial charge < -0.3 is 10.4 Å². The van der Waals surface area contributed by atoms with E-state index in [1.165, 1.54) is 31.2 Å². The Balaban J connectivity index is 1.73. The van der Waals surface area contributed by atoms with Crippen LogP contribution in [0.3, 0.4) is 0 Å². The van der Waals surface area contributed by atoms with Crippen molar-refractivity contribution >= 4 is 5.69 Å². The van der Waals surface area contributed by atoms with Crippen LogP contribution in [-0.2, 0) is 0 Å². The summed E-state index contributed by atoms with van der Waals surface area (Å²) in [6.07, 6.45) is 6.06. The van der Waals surface area contributed by atoms with Crippen LogP contribution in [0.25, 0.3) is 0 Å². The van der Waals surface area contributed by atoms with Crippen LogP contribution >= 0.6 is 0 Å². The summed E-state index contributed by atoms with van der Waals surface area (Å²) >= 11 is 0. The quantitative estimate of drug-likeness (QED) is 0.817. The molecule has 17 heavy (non-hydrogen) atoms. The fourth-order valence-electron chi connectivity index (χ4n) is 2.70. The smallest absolute Gasteiger partial charge is 0.0715 e. The number of rotatable bonds is 5. The van der Waals surface area contributed by atoms with Gasteiger partial charge in [0.05, 0.1) is 6.10 Å². The van der Waals surface area contributed by atoms with Crippen molar-refractivity contribution in [2.24, 2.45) is 5.92 Å². The molecule has 1 aliphatic rings. The van der Waals surface area contributed by atoms with Crippen LogP contribution in [0.5, 0.6) is 0 Å². The van der Waals surface area contributed by atoms with Gasteiger partial charge in [-0.3, -0.25) is 0 Å². The highest BCUT2D eigenvalue weighted by molar-refractivity contribution is 5.45. The number of aliphatic hydroxyl groups excluding tert-OH is 1. The predicted molar refractivity (Wildman–Crippen MR) is 72.3 cm³/mol. The van der Waals surface area contributed by atoms with E-state index in [0.29, 0.717) is 6.54 Å². The van der Waals surface area contributed by atoms with Gasteiger partial charge in [0.25, 0.3) is 0 Å². The molecule has 0 bridgehead atoms. The van der Waals surface area contributed by atoms with E-state index in [1.54, 1.807) is 0 Å². The number of aryl methyl sites for hydroxylation is 1. The molecule has 1 saturated carbocycles. The molecule has 1 atom stereocenters. The molecular weight excluding hydrogens is 210 g/mol. The fraction of sp³-hybridized carbons (Fsp3) is 0.600. The molecule has 0 spiro atoms. The first kappa shape index (κ1) is 12.4. The molecule has 1 aliphatic carbocycles. The maximum atomic E-state index is 9.98. The van der Waals surface area contributed by atoms with Crippen LogP contribution in [0.1, 0.15) is 37.7 Å². The van der Waals surface area contributed by atoms with Crippen molar-refractivity contribution in [1.82, 2.24) is 0 Å². The summed E-state index contributed by atoms with van der Waals surface area (Å²) in [6.45, 7) is 2.75. The Bertz CT molecular complexity index is 345. The molecule has 0 saturated heterocycles. The molecule has 1 fully saturated rings. The average molecular weight is 233 g/mol.